The average Bonchev–Trinajstić information content (AvgIpc) is 2.55. The predicted molar refractivity (Wildman–Crippen MR) is 60.6 cm³/mol. The molecule has 1 aliphatic rings. The smallest absolute Gasteiger partial charge is 0.225 e. The highest BCUT2D eigenvalue weighted by atomic mass is 16.3. The van der Waals surface area contributed by atoms with E-state index in [1.807, 2.05) is 4.90 Å². The number of nitrogens with zero attached hydrogens (tertiary/aromatic N) is 1. The van der Waals surface area contributed by atoms with E-state index in [1.165, 1.54) is 12.8 Å². The minimum absolute atomic E-state index is 0.0435. The largest absolute Gasteiger partial charge is 0.396 e. The molecule has 1 saturated carbocycles. The Hall–Kier alpha value is -0.570. The first-order valence-corrected chi connectivity index (χ1v) is 5.90. The van der Waals surface area contributed by atoms with E-state index in [2.05, 4.69) is 20.8 Å². The standard InChI is InChI=1S/C12H23NO2/c1-12(2,3)13(11(15)8-9-14)10-6-4-5-7-10/h10,14H,4-9H2,1-3H3. The van der Waals surface area contributed by atoms with Crippen LogP contribution in [0.15, 0.2) is 0 Å². The van der Waals surface area contributed by atoms with Gasteiger partial charge in [-0.1, -0.05) is 12.8 Å². The maximum atomic E-state index is 11.9. The Balaban J connectivity index is 2.72. The van der Waals surface area contributed by atoms with Gasteiger partial charge in [0.05, 0.1) is 6.61 Å². The Morgan fingerprint density at radius 3 is 2.27 bits per heavy atom. The second kappa shape index (κ2) is 4.97. The molecule has 1 rings (SSSR count). The second-order valence-corrected chi connectivity index (χ2v) is 5.35. The van der Waals surface area contributed by atoms with Crippen LogP contribution in [-0.2, 0) is 4.79 Å². The number of amides is 1. The molecule has 0 aromatic carbocycles. The van der Waals surface area contributed by atoms with Gasteiger partial charge in [0.2, 0.25) is 5.91 Å². The van der Waals surface area contributed by atoms with Crippen LogP contribution in [0.1, 0.15) is 52.9 Å². The fourth-order valence-corrected chi connectivity index (χ4v) is 2.50. The summed E-state index contributed by atoms with van der Waals surface area (Å²) in [4.78, 5) is 13.9. The monoisotopic (exact) mass is 213 g/mol. The third kappa shape index (κ3) is 3.20. The number of hydrogen-bond donors (Lipinski definition) is 1. The molecule has 0 saturated heterocycles. The lowest BCUT2D eigenvalue weighted by atomic mass is 10.0. The zero-order chi connectivity index (χ0) is 11.5. The van der Waals surface area contributed by atoms with E-state index in [-0.39, 0.29) is 24.5 Å². The number of carbonyl (C=O) groups excluding carboxylic acids is 1. The molecule has 1 fully saturated rings. The SMILES string of the molecule is CC(C)(C)N(C(=O)CCO)C1CCCC1. The summed E-state index contributed by atoms with van der Waals surface area (Å²) in [6, 6.07) is 0.393. The van der Waals surface area contributed by atoms with Crippen LogP contribution in [0.25, 0.3) is 0 Å². The van der Waals surface area contributed by atoms with Crippen molar-refractivity contribution in [2.75, 3.05) is 6.61 Å². The molecular weight excluding hydrogens is 190 g/mol. The lowest BCUT2D eigenvalue weighted by molar-refractivity contribution is -0.139. The summed E-state index contributed by atoms with van der Waals surface area (Å²) in [6.07, 6.45) is 4.95. The van der Waals surface area contributed by atoms with Crippen molar-refractivity contribution in [1.82, 2.24) is 4.90 Å². The van der Waals surface area contributed by atoms with Crippen LogP contribution in [-0.4, -0.2) is 34.1 Å². The number of carbonyl (C=O) groups is 1. The Bertz CT molecular complexity index is 214. The predicted octanol–water partition coefficient (Wildman–Crippen LogP) is 1.94. The second-order valence-electron chi connectivity index (χ2n) is 5.35. The molecule has 1 aliphatic carbocycles. The van der Waals surface area contributed by atoms with Crippen molar-refractivity contribution in [3.63, 3.8) is 0 Å². The number of aliphatic hydroxyl groups is 1. The lowest BCUT2D eigenvalue weighted by Gasteiger charge is -2.40. The van der Waals surface area contributed by atoms with Gasteiger partial charge in [0.25, 0.3) is 0 Å². The molecule has 0 bridgehead atoms. The van der Waals surface area contributed by atoms with Crippen LogP contribution < -0.4 is 0 Å². The molecule has 88 valence electrons. The van der Waals surface area contributed by atoms with E-state index in [0.717, 1.165) is 12.8 Å². The van der Waals surface area contributed by atoms with Crippen LogP contribution in [0, 0.1) is 0 Å². The molecule has 1 amide bonds. The van der Waals surface area contributed by atoms with Crippen LogP contribution in [0.5, 0.6) is 0 Å². The van der Waals surface area contributed by atoms with Crippen molar-refractivity contribution >= 4 is 5.91 Å². The number of aliphatic hydroxyl groups excluding tert-OH is 1. The molecular formula is C12H23NO2. The highest BCUT2D eigenvalue weighted by Crippen LogP contribution is 2.29. The van der Waals surface area contributed by atoms with Crippen molar-refractivity contribution in [3.8, 4) is 0 Å². The van der Waals surface area contributed by atoms with Crippen LogP contribution in [0.4, 0.5) is 0 Å². The van der Waals surface area contributed by atoms with E-state index in [9.17, 15) is 4.79 Å². The summed E-state index contributed by atoms with van der Waals surface area (Å²) < 4.78 is 0. The van der Waals surface area contributed by atoms with Gasteiger partial charge in [0.15, 0.2) is 0 Å². The van der Waals surface area contributed by atoms with Crippen molar-refractivity contribution in [1.29, 1.82) is 0 Å². The van der Waals surface area contributed by atoms with Gasteiger partial charge in [-0.05, 0) is 33.6 Å². The van der Waals surface area contributed by atoms with E-state index in [4.69, 9.17) is 5.11 Å². The third-order valence-corrected chi connectivity index (χ3v) is 3.01. The molecule has 0 heterocycles. The molecule has 0 aromatic rings. The summed E-state index contributed by atoms with van der Waals surface area (Å²) in [5.74, 6) is 0.0944. The number of hydrogen-bond acceptors (Lipinski definition) is 2. The molecule has 0 aliphatic heterocycles. The Labute approximate surface area is 92.5 Å². The summed E-state index contributed by atoms with van der Waals surface area (Å²) in [5.41, 5.74) is -0.124. The minimum atomic E-state index is -0.124. The van der Waals surface area contributed by atoms with Crippen molar-refractivity contribution in [3.05, 3.63) is 0 Å². The Kier molecular flexibility index (Phi) is 4.14. The van der Waals surface area contributed by atoms with Crippen LogP contribution >= 0.6 is 0 Å². The third-order valence-electron chi connectivity index (χ3n) is 3.01. The van der Waals surface area contributed by atoms with Gasteiger partial charge in [-0.3, -0.25) is 4.79 Å². The first-order chi connectivity index (χ1) is 6.96. The summed E-state index contributed by atoms with van der Waals surface area (Å²) in [7, 11) is 0. The highest BCUT2D eigenvalue weighted by Gasteiger charge is 2.33. The highest BCUT2D eigenvalue weighted by molar-refractivity contribution is 5.77. The molecule has 0 radical (unpaired) electrons. The maximum absolute atomic E-state index is 11.9. The van der Waals surface area contributed by atoms with E-state index in [0.29, 0.717) is 6.04 Å². The Morgan fingerprint density at radius 2 is 1.87 bits per heavy atom. The normalized spacial score (nSPS) is 18.1. The van der Waals surface area contributed by atoms with Gasteiger partial charge in [-0.2, -0.15) is 0 Å². The molecule has 0 aromatic heterocycles. The summed E-state index contributed by atoms with van der Waals surface area (Å²) >= 11 is 0. The molecule has 0 spiro atoms. The van der Waals surface area contributed by atoms with Gasteiger partial charge < -0.3 is 10.0 Å². The van der Waals surface area contributed by atoms with Gasteiger partial charge in [-0.15, -0.1) is 0 Å². The van der Waals surface area contributed by atoms with Crippen molar-refractivity contribution in [2.45, 2.75) is 64.5 Å². The average molecular weight is 213 g/mol. The van der Waals surface area contributed by atoms with Gasteiger partial charge >= 0.3 is 0 Å². The van der Waals surface area contributed by atoms with Gasteiger partial charge in [0, 0.05) is 18.0 Å². The first kappa shape index (κ1) is 12.5. The molecule has 15 heavy (non-hydrogen) atoms. The molecule has 1 N–H and O–H groups in total. The molecule has 3 heteroatoms. The van der Waals surface area contributed by atoms with Crippen molar-refractivity contribution < 1.29 is 9.90 Å². The summed E-state index contributed by atoms with van der Waals surface area (Å²) in [6.45, 7) is 6.17. The van der Waals surface area contributed by atoms with Crippen LogP contribution in [0.2, 0.25) is 0 Å². The fourth-order valence-electron chi connectivity index (χ4n) is 2.50. The maximum Gasteiger partial charge on any atom is 0.225 e. The van der Waals surface area contributed by atoms with Crippen LogP contribution in [0.3, 0.4) is 0 Å². The van der Waals surface area contributed by atoms with E-state index in [1.54, 1.807) is 0 Å². The first-order valence-electron chi connectivity index (χ1n) is 5.90. The summed E-state index contributed by atoms with van der Waals surface area (Å²) in [5, 5.41) is 8.85. The molecule has 0 atom stereocenters. The zero-order valence-corrected chi connectivity index (χ0v) is 10.1. The Morgan fingerprint density at radius 1 is 1.33 bits per heavy atom. The topological polar surface area (TPSA) is 40.5 Å². The number of rotatable bonds is 3. The van der Waals surface area contributed by atoms with Gasteiger partial charge in [-0.25, -0.2) is 0 Å². The minimum Gasteiger partial charge on any atom is -0.396 e. The molecule has 0 unspecified atom stereocenters. The fraction of sp³-hybridized carbons (Fsp3) is 0.917. The van der Waals surface area contributed by atoms with Gasteiger partial charge in [0.1, 0.15) is 0 Å². The molecule has 3 nitrogen and oxygen atoms in total. The van der Waals surface area contributed by atoms with E-state index >= 15 is 0 Å². The quantitative estimate of drug-likeness (QED) is 0.778. The zero-order valence-electron chi connectivity index (χ0n) is 10.1. The van der Waals surface area contributed by atoms with Crippen molar-refractivity contribution in [2.24, 2.45) is 0 Å². The van der Waals surface area contributed by atoms with E-state index < -0.39 is 0 Å². The lowest BCUT2D eigenvalue weighted by Crippen LogP contribution is -2.51.